The molecule has 5 aromatic rings. The van der Waals surface area contributed by atoms with Crippen molar-refractivity contribution in [2.24, 2.45) is 0 Å². The van der Waals surface area contributed by atoms with Gasteiger partial charge in [-0.15, -0.1) is 11.3 Å². The van der Waals surface area contributed by atoms with E-state index in [1.54, 1.807) is 24.6 Å². The summed E-state index contributed by atoms with van der Waals surface area (Å²) in [6, 6.07) is 11.9. The molecule has 2 aromatic carbocycles. The minimum absolute atomic E-state index is 0.0664. The van der Waals surface area contributed by atoms with Gasteiger partial charge in [-0.2, -0.15) is 5.10 Å². The molecule has 0 aliphatic carbocycles. The number of rotatable bonds is 6. The monoisotopic (exact) mass is 657 g/mol. The van der Waals surface area contributed by atoms with E-state index in [9.17, 15) is 13.6 Å². The van der Waals surface area contributed by atoms with Crippen molar-refractivity contribution in [1.29, 1.82) is 0 Å². The topological polar surface area (TPSA) is 63.5 Å². The first-order valence-electron chi connectivity index (χ1n) is 15.6. The predicted octanol–water partition coefficient (Wildman–Crippen LogP) is 7.76. The molecule has 7 rings (SSSR count). The Morgan fingerprint density at radius 2 is 1.87 bits per heavy atom. The van der Waals surface area contributed by atoms with Gasteiger partial charge in [0.2, 0.25) is 0 Å². The Bertz CT molecular complexity index is 2070. The number of hydrogen-bond donors (Lipinski definition) is 0. The van der Waals surface area contributed by atoms with Gasteiger partial charge in [0.1, 0.15) is 28.8 Å². The Hall–Kier alpha value is -4.48. The number of fused-ring (bicyclic) bond motifs is 3. The first-order chi connectivity index (χ1) is 22.5. The zero-order valence-corrected chi connectivity index (χ0v) is 27.4. The van der Waals surface area contributed by atoms with Crippen LogP contribution < -0.4 is 4.74 Å². The number of carbonyl (C=O) groups excluding carboxylic acids is 1. The lowest BCUT2D eigenvalue weighted by Crippen LogP contribution is -2.45. The van der Waals surface area contributed by atoms with Crippen LogP contribution in [0.25, 0.3) is 43.9 Å². The Labute approximate surface area is 274 Å². The van der Waals surface area contributed by atoms with Gasteiger partial charge in [-0.25, -0.2) is 18.2 Å². The van der Waals surface area contributed by atoms with Gasteiger partial charge in [0, 0.05) is 52.5 Å². The number of aromatic nitrogens is 3. The Morgan fingerprint density at radius 3 is 2.64 bits per heavy atom. The molecule has 0 fully saturated rings. The van der Waals surface area contributed by atoms with Crippen LogP contribution in [0.4, 0.5) is 13.2 Å². The fraction of sp³-hybridized carbons (Fsp3) is 0.306. The summed E-state index contributed by atoms with van der Waals surface area (Å²) in [6.45, 7) is 10.9. The number of thiophene rings is 1. The van der Waals surface area contributed by atoms with E-state index < -0.39 is 23.4 Å². The second kappa shape index (κ2) is 12.0. The van der Waals surface area contributed by atoms with Crippen molar-refractivity contribution in [3.8, 4) is 39.5 Å². The van der Waals surface area contributed by atoms with E-state index in [-0.39, 0.29) is 30.0 Å². The SMILES string of the molecule is C=C(F)C(=O)N1Cc2cc(-c3nc(-c4ccc5c(c4)CCN(C)C5)c4ccsc4c3-c3c(F)cc(F)cc3OC(C)C)nn2CC1C. The number of ether oxygens (including phenoxy) is 1. The third kappa shape index (κ3) is 5.61. The summed E-state index contributed by atoms with van der Waals surface area (Å²) >= 11 is 1.44. The van der Waals surface area contributed by atoms with E-state index in [0.29, 0.717) is 29.2 Å². The fourth-order valence-corrected chi connectivity index (χ4v) is 7.55. The van der Waals surface area contributed by atoms with E-state index in [2.05, 4.69) is 36.7 Å². The lowest BCUT2D eigenvalue weighted by Gasteiger charge is -2.33. The number of benzene rings is 2. The highest BCUT2D eigenvalue weighted by Crippen LogP contribution is 2.47. The fourth-order valence-electron chi connectivity index (χ4n) is 6.61. The van der Waals surface area contributed by atoms with Crippen molar-refractivity contribution in [3.63, 3.8) is 0 Å². The van der Waals surface area contributed by atoms with Gasteiger partial charge >= 0.3 is 0 Å². The van der Waals surface area contributed by atoms with Gasteiger partial charge in [-0.05, 0) is 68.9 Å². The van der Waals surface area contributed by atoms with Gasteiger partial charge in [-0.1, -0.05) is 18.7 Å². The van der Waals surface area contributed by atoms with Crippen molar-refractivity contribution in [3.05, 3.63) is 88.7 Å². The molecule has 1 atom stereocenters. The molecule has 11 heteroatoms. The van der Waals surface area contributed by atoms with Crippen LogP contribution in [0.1, 0.15) is 37.6 Å². The highest BCUT2D eigenvalue weighted by molar-refractivity contribution is 7.18. The van der Waals surface area contributed by atoms with E-state index in [1.165, 1.54) is 33.4 Å². The quantitative estimate of drug-likeness (QED) is 0.175. The smallest absolute Gasteiger partial charge is 0.282 e. The standard InChI is InChI=1S/C36H34F3N5O2S/c1-19(2)46-30-14-25(38)13-28(39)31(30)32-34(29-15-26-18-43(36(45)21(4)37)20(3)16-44(26)41-29)40-33(27-9-11-47-35(27)32)23-6-7-24-17-42(5)10-8-22(24)12-23/h6-7,9,11-15,19-20H,4,8,10,16-18H2,1-3,5H3. The van der Waals surface area contributed by atoms with Crippen LogP contribution >= 0.6 is 11.3 Å². The zero-order chi connectivity index (χ0) is 33.1. The van der Waals surface area contributed by atoms with Crippen molar-refractivity contribution < 1.29 is 22.7 Å². The van der Waals surface area contributed by atoms with Gasteiger partial charge in [0.05, 0.1) is 36.1 Å². The van der Waals surface area contributed by atoms with Crippen LogP contribution in [-0.2, 0) is 30.8 Å². The maximum absolute atomic E-state index is 16.1. The molecular weight excluding hydrogens is 623 g/mol. The predicted molar refractivity (Wildman–Crippen MR) is 178 cm³/mol. The number of likely N-dealkylation sites (N-methyl/N-ethyl adjacent to an activating group) is 1. The summed E-state index contributed by atoms with van der Waals surface area (Å²) in [6.07, 6.45) is 0.565. The number of pyridine rings is 1. The largest absolute Gasteiger partial charge is 0.490 e. The molecule has 0 N–H and O–H groups in total. The molecule has 242 valence electrons. The highest BCUT2D eigenvalue weighted by Gasteiger charge is 2.32. The number of nitrogens with zero attached hydrogens (tertiary/aromatic N) is 5. The van der Waals surface area contributed by atoms with E-state index in [0.717, 1.165) is 46.9 Å². The summed E-state index contributed by atoms with van der Waals surface area (Å²) in [7, 11) is 2.11. The molecule has 0 spiro atoms. The molecule has 3 aromatic heterocycles. The average molecular weight is 658 g/mol. The van der Waals surface area contributed by atoms with Crippen LogP contribution in [0.2, 0.25) is 0 Å². The normalized spacial score (nSPS) is 16.4. The summed E-state index contributed by atoms with van der Waals surface area (Å²) in [5.74, 6) is -3.25. The van der Waals surface area contributed by atoms with Crippen LogP contribution in [0.3, 0.4) is 0 Å². The molecule has 1 amide bonds. The molecule has 2 aliphatic heterocycles. The molecule has 1 unspecified atom stereocenters. The van der Waals surface area contributed by atoms with Gasteiger partial charge < -0.3 is 14.5 Å². The second-order valence-electron chi connectivity index (χ2n) is 12.6. The maximum atomic E-state index is 16.1. The van der Waals surface area contributed by atoms with Gasteiger partial charge in [0.15, 0.2) is 5.83 Å². The highest BCUT2D eigenvalue weighted by atomic mass is 32.1. The third-order valence-corrected chi connectivity index (χ3v) is 9.75. The number of hydrogen-bond acceptors (Lipinski definition) is 6. The Balaban J connectivity index is 1.48. The zero-order valence-electron chi connectivity index (χ0n) is 26.6. The molecule has 2 aliphatic rings. The van der Waals surface area contributed by atoms with E-state index >= 15 is 4.39 Å². The summed E-state index contributed by atoms with van der Waals surface area (Å²) in [5.41, 5.74) is 6.25. The van der Waals surface area contributed by atoms with E-state index in [1.807, 2.05) is 18.4 Å². The molecule has 47 heavy (non-hydrogen) atoms. The molecule has 5 heterocycles. The lowest BCUT2D eigenvalue weighted by atomic mass is 9.93. The van der Waals surface area contributed by atoms with Crippen molar-refractivity contribution in [2.75, 3.05) is 13.6 Å². The van der Waals surface area contributed by atoms with Gasteiger partial charge in [0.25, 0.3) is 5.91 Å². The Kier molecular flexibility index (Phi) is 7.92. The summed E-state index contributed by atoms with van der Waals surface area (Å²) in [4.78, 5) is 21.5. The van der Waals surface area contributed by atoms with Crippen LogP contribution in [0.5, 0.6) is 5.75 Å². The van der Waals surface area contributed by atoms with Crippen LogP contribution in [0.15, 0.2) is 60.3 Å². The molecule has 0 saturated heterocycles. The van der Waals surface area contributed by atoms with Crippen molar-refractivity contribution in [2.45, 2.75) is 59.0 Å². The first kappa shape index (κ1) is 31.1. The summed E-state index contributed by atoms with van der Waals surface area (Å²) < 4.78 is 53.1. The number of halogens is 3. The molecule has 7 nitrogen and oxygen atoms in total. The second-order valence-corrected chi connectivity index (χ2v) is 13.6. The minimum Gasteiger partial charge on any atom is -0.490 e. The lowest BCUT2D eigenvalue weighted by molar-refractivity contribution is -0.132. The number of amides is 1. The minimum atomic E-state index is -1.03. The van der Waals surface area contributed by atoms with E-state index in [4.69, 9.17) is 14.8 Å². The average Bonchev–Trinajstić information content (AvgIpc) is 3.66. The molecule has 0 bridgehead atoms. The summed E-state index contributed by atoms with van der Waals surface area (Å²) in [5, 5.41) is 7.67. The molecular formula is C36H34F3N5O2S. The third-order valence-electron chi connectivity index (χ3n) is 8.82. The molecule has 0 saturated carbocycles. The molecule has 0 radical (unpaired) electrons. The van der Waals surface area contributed by atoms with Crippen molar-refractivity contribution in [1.82, 2.24) is 24.6 Å². The van der Waals surface area contributed by atoms with Crippen molar-refractivity contribution >= 4 is 27.3 Å². The Morgan fingerprint density at radius 1 is 1.06 bits per heavy atom. The number of carbonyl (C=O) groups is 1. The maximum Gasteiger partial charge on any atom is 0.282 e. The van der Waals surface area contributed by atoms with Gasteiger partial charge in [-0.3, -0.25) is 9.48 Å². The first-order valence-corrected chi connectivity index (χ1v) is 16.5. The van der Waals surface area contributed by atoms with Crippen LogP contribution in [0, 0.1) is 11.6 Å². The van der Waals surface area contributed by atoms with Crippen LogP contribution in [-0.4, -0.2) is 56.2 Å².